The van der Waals surface area contributed by atoms with Crippen LogP contribution in [0, 0.1) is 34.5 Å². The van der Waals surface area contributed by atoms with Crippen molar-refractivity contribution < 1.29 is 38.5 Å². The topological polar surface area (TPSA) is 116 Å². The number of carbonyl (C=O) groups is 4. The molecule has 0 aromatic heterocycles. The number of Topliss-reactive ketones (excluding diaryl/α,β-unsaturated/α-hetero) is 1. The lowest BCUT2D eigenvalue weighted by Crippen LogP contribution is -2.63. The molecule has 3 fully saturated rings. The van der Waals surface area contributed by atoms with Gasteiger partial charge in [0.2, 0.25) is 5.78 Å². The van der Waals surface area contributed by atoms with Crippen molar-refractivity contribution in [3.63, 3.8) is 0 Å². The molecule has 0 aromatic carbocycles. The maximum absolute atomic E-state index is 13.8. The maximum atomic E-state index is 13.8. The predicted octanol–water partition coefficient (Wildman–Crippen LogP) is 4.34. The molecule has 0 amide bonds. The van der Waals surface area contributed by atoms with Gasteiger partial charge in [0.25, 0.3) is 0 Å². The molecule has 0 heterocycles. The Balaban J connectivity index is 1.64. The summed E-state index contributed by atoms with van der Waals surface area (Å²) in [5, 5.41) is 11.6. The second-order valence-electron chi connectivity index (χ2n) is 11.9. The third kappa shape index (κ3) is 4.45. The third-order valence-electron chi connectivity index (χ3n) is 10.1. The first kappa shape index (κ1) is 27.6. The zero-order chi connectivity index (χ0) is 27.2. The van der Waals surface area contributed by atoms with E-state index in [1.165, 1.54) is 7.11 Å². The maximum Gasteiger partial charge on any atom is 0.509 e. The molecule has 0 aromatic rings. The molecule has 0 spiro atoms. The first-order valence-corrected chi connectivity index (χ1v) is 13.5. The summed E-state index contributed by atoms with van der Waals surface area (Å²) in [7, 11) is 1.19. The van der Waals surface area contributed by atoms with Gasteiger partial charge in [-0.25, -0.2) is 4.79 Å². The minimum atomic E-state index is -1.57. The Hall–Kier alpha value is -2.48. The number of methoxy groups -OCH3 is 1. The molecule has 8 atom stereocenters. The lowest BCUT2D eigenvalue weighted by molar-refractivity contribution is -0.185. The van der Waals surface area contributed by atoms with Crippen molar-refractivity contribution in [1.29, 1.82) is 0 Å². The Bertz CT molecular complexity index is 1030. The van der Waals surface area contributed by atoms with Crippen LogP contribution in [-0.2, 0) is 28.6 Å². The zero-order valence-corrected chi connectivity index (χ0v) is 22.6. The summed E-state index contributed by atoms with van der Waals surface area (Å²) in [6.45, 7) is 7.43. The van der Waals surface area contributed by atoms with Crippen LogP contribution < -0.4 is 0 Å². The third-order valence-corrected chi connectivity index (χ3v) is 10.1. The van der Waals surface area contributed by atoms with E-state index >= 15 is 0 Å². The summed E-state index contributed by atoms with van der Waals surface area (Å²) in [6.07, 6.45) is 7.16. The van der Waals surface area contributed by atoms with Crippen molar-refractivity contribution >= 4 is 23.7 Å². The average molecular weight is 517 g/mol. The van der Waals surface area contributed by atoms with Gasteiger partial charge in [0.05, 0.1) is 13.2 Å². The number of ketones is 2. The first-order valence-electron chi connectivity index (χ1n) is 13.5. The van der Waals surface area contributed by atoms with Gasteiger partial charge in [-0.3, -0.25) is 14.4 Å². The zero-order valence-electron chi connectivity index (χ0n) is 22.6. The van der Waals surface area contributed by atoms with Gasteiger partial charge < -0.3 is 19.3 Å². The van der Waals surface area contributed by atoms with Crippen molar-refractivity contribution in [2.24, 2.45) is 34.5 Å². The van der Waals surface area contributed by atoms with Crippen LogP contribution in [0.4, 0.5) is 4.79 Å². The lowest BCUT2D eigenvalue weighted by Gasteiger charge is -2.59. The first-order chi connectivity index (χ1) is 17.4. The highest BCUT2D eigenvalue weighted by Crippen LogP contribution is 2.67. The average Bonchev–Trinajstić information content (AvgIpc) is 3.14. The van der Waals surface area contributed by atoms with Crippen molar-refractivity contribution in [2.75, 3.05) is 13.7 Å². The summed E-state index contributed by atoms with van der Waals surface area (Å²) >= 11 is 0. The van der Waals surface area contributed by atoms with Crippen LogP contribution in [-0.4, -0.2) is 54.2 Å². The Kier molecular flexibility index (Phi) is 7.45. The summed E-state index contributed by atoms with van der Waals surface area (Å²) in [5.74, 6) is -0.882. The molecule has 4 rings (SSSR count). The van der Waals surface area contributed by atoms with E-state index in [1.54, 1.807) is 12.2 Å². The minimum Gasteiger partial charge on any atom is -0.457 e. The number of fused-ring (bicyclic) bond motifs is 5. The molecular weight excluding hydrogens is 476 g/mol. The summed E-state index contributed by atoms with van der Waals surface area (Å²) in [6, 6.07) is 0. The molecule has 1 N–H and O–H groups in total. The van der Waals surface area contributed by atoms with Crippen LogP contribution in [0.15, 0.2) is 23.8 Å². The quantitative estimate of drug-likeness (QED) is 0.497. The monoisotopic (exact) mass is 516 g/mol. The Morgan fingerprint density at radius 3 is 2.62 bits per heavy atom. The molecule has 0 bridgehead atoms. The summed E-state index contributed by atoms with van der Waals surface area (Å²) in [4.78, 5) is 50.6. The molecule has 204 valence electrons. The molecule has 37 heavy (non-hydrogen) atoms. The fraction of sp³-hybridized carbons (Fsp3) is 0.724. The smallest absolute Gasteiger partial charge is 0.457 e. The van der Waals surface area contributed by atoms with Crippen molar-refractivity contribution in [2.45, 2.75) is 84.3 Å². The molecule has 8 heteroatoms. The molecule has 2 unspecified atom stereocenters. The second-order valence-corrected chi connectivity index (χ2v) is 11.9. The van der Waals surface area contributed by atoms with Gasteiger partial charge in [-0.2, -0.15) is 0 Å². The van der Waals surface area contributed by atoms with Gasteiger partial charge in [0, 0.05) is 23.2 Å². The number of carbonyl (C=O) groups excluding carboxylic acids is 4. The standard InChI is InChI=1S/C29H40O8/c1-6-17(2)13-24(33)36-16-23(32)29(37-26(34)35-5)12-10-21-20-8-7-18-14-19(30)9-11-27(18,3)25(20)22(31)15-28(21,29)4/h9,11,14,17,20-22,25,31H,6-8,10,12-13,15-16H2,1-5H3/t17?,20-,21-,22?,25+,27-,28-,29-/m0/s1. The van der Waals surface area contributed by atoms with Gasteiger partial charge in [0.1, 0.15) is 0 Å². The fourth-order valence-corrected chi connectivity index (χ4v) is 7.93. The minimum absolute atomic E-state index is 0.00488. The number of allylic oxidation sites excluding steroid dienone is 4. The van der Waals surface area contributed by atoms with Gasteiger partial charge in [0.15, 0.2) is 18.0 Å². The summed E-state index contributed by atoms with van der Waals surface area (Å²) in [5.41, 5.74) is -1.83. The molecule has 4 aliphatic rings. The number of rotatable bonds is 7. The van der Waals surface area contributed by atoms with E-state index in [1.807, 2.05) is 26.8 Å². The van der Waals surface area contributed by atoms with Crippen molar-refractivity contribution in [3.05, 3.63) is 23.8 Å². The van der Waals surface area contributed by atoms with Gasteiger partial charge in [-0.05, 0) is 62.0 Å². The van der Waals surface area contributed by atoms with E-state index in [0.717, 1.165) is 24.8 Å². The van der Waals surface area contributed by atoms with E-state index < -0.39 is 47.0 Å². The van der Waals surface area contributed by atoms with Crippen LogP contribution in [0.5, 0.6) is 0 Å². The molecule has 8 nitrogen and oxygen atoms in total. The highest BCUT2D eigenvalue weighted by Gasteiger charge is 2.70. The van der Waals surface area contributed by atoms with E-state index in [-0.39, 0.29) is 48.7 Å². The van der Waals surface area contributed by atoms with E-state index in [9.17, 15) is 24.3 Å². The van der Waals surface area contributed by atoms with Crippen molar-refractivity contribution in [1.82, 2.24) is 0 Å². The Morgan fingerprint density at radius 2 is 1.95 bits per heavy atom. The Morgan fingerprint density at radius 1 is 1.22 bits per heavy atom. The largest absolute Gasteiger partial charge is 0.509 e. The molecule has 3 saturated carbocycles. The number of ether oxygens (including phenoxy) is 3. The number of aliphatic hydroxyl groups is 1. The normalized spacial score (nSPS) is 39.0. The second kappa shape index (κ2) is 10.0. The fourth-order valence-electron chi connectivity index (χ4n) is 7.93. The molecule has 0 radical (unpaired) electrons. The van der Waals surface area contributed by atoms with Crippen LogP contribution >= 0.6 is 0 Å². The van der Waals surface area contributed by atoms with Crippen LogP contribution in [0.2, 0.25) is 0 Å². The van der Waals surface area contributed by atoms with E-state index in [4.69, 9.17) is 14.2 Å². The number of aliphatic hydroxyl groups excluding tert-OH is 1. The van der Waals surface area contributed by atoms with Gasteiger partial charge >= 0.3 is 12.1 Å². The van der Waals surface area contributed by atoms with Crippen LogP contribution in [0.1, 0.15) is 72.6 Å². The molecule has 0 aliphatic heterocycles. The number of hydrogen-bond donors (Lipinski definition) is 1. The molecule has 4 aliphatic carbocycles. The predicted molar refractivity (Wildman–Crippen MR) is 134 cm³/mol. The molecular formula is C29H40O8. The lowest BCUT2D eigenvalue weighted by atomic mass is 9.46. The van der Waals surface area contributed by atoms with E-state index in [2.05, 4.69) is 6.92 Å². The van der Waals surface area contributed by atoms with Crippen LogP contribution in [0.25, 0.3) is 0 Å². The SMILES string of the molecule is CCC(C)CC(=O)OCC(=O)[C@@]1(OC(=O)OC)CC[C@H]2[C@@H]3CCC4=CC(=O)C=C[C@]4(C)[C@H]3C(O)C[C@@]21C. The number of esters is 1. The van der Waals surface area contributed by atoms with Gasteiger partial charge in [-0.15, -0.1) is 0 Å². The summed E-state index contributed by atoms with van der Waals surface area (Å²) < 4.78 is 16.0. The van der Waals surface area contributed by atoms with Gasteiger partial charge in [-0.1, -0.05) is 45.8 Å². The highest BCUT2D eigenvalue weighted by molar-refractivity contribution is 6.01. The van der Waals surface area contributed by atoms with Crippen LogP contribution in [0.3, 0.4) is 0 Å². The van der Waals surface area contributed by atoms with Crippen molar-refractivity contribution in [3.8, 4) is 0 Å². The Labute approximate surface area is 218 Å². The molecule has 0 saturated heterocycles. The van der Waals surface area contributed by atoms with E-state index in [0.29, 0.717) is 6.42 Å². The number of hydrogen-bond acceptors (Lipinski definition) is 8. The highest BCUT2D eigenvalue weighted by atomic mass is 16.7.